The monoisotopic (exact) mass is 176 g/mol. The van der Waals surface area contributed by atoms with Crippen molar-refractivity contribution in [3.05, 3.63) is 0 Å². The minimum Gasteiger partial charge on any atom is -0.385 e. The first kappa shape index (κ1) is 11.9. The third-order valence-corrected chi connectivity index (χ3v) is 1.34. The fraction of sp³-hybridized carbons (Fsp3) is 1.00. The summed E-state index contributed by atoms with van der Waals surface area (Å²) in [6.45, 7) is 8.77. The summed E-state index contributed by atoms with van der Waals surface area (Å²) in [6, 6.07) is 0. The molecule has 0 heterocycles. The Labute approximate surface area is 74.7 Å². The number of rotatable bonds is 6. The Morgan fingerprint density at radius 3 is 2.33 bits per heavy atom. The van der Waals surface area contributed by atoms with Crippen LogP contribution in [0.15, 0.2) is 0 Å². The van der Waals surface area contributed by atoms with Gasteiger partial charge in [0.25, 0.3) is 0 Å². The summed E-state index contributed by atoms with van der Waals surface area (Å²) < 4.78 is 10.4. The normalized spacial score (nSPS) is 16.5. The van der Waals surface area contributed by atoms with Crippen molar-refractivity contribution in [3.8, 4) is 0 Å². The highest BCUT2D eigenvalue weighted by Crippen LogP contribution is 2.06. The van der Waals surface area contributed by atoms with Gasteiger partial charge >= 0.3 is 0 Å². The van der Waals surface area contributed by atoms with Gasteiger partial charge in [-0.15, -0.1) is 0 Å². The molecule has 0 rings (SSSR count). The highest BCUT2D eigenvalue weighted by Gasteiger charge is 2.21. The molecule has 3 nitrogen and oxygen atoms in total. The van der Waals surface area contributed by atoms with E-state index in [0.29, 0.717) is 19.8 Å². The van der Waals surface area contributed by atoms with Crippen molar-refractivity contribution in [2.75, 3.05) is 19.8 Å². The summed E-state index contributed by atoms with van der Waals surface area (Å²) in [5.41, 5.74) is -0.861. The second kappa shape index (κ2) is 5.51. The fourth-order valence-corrected chi connectivity index (χ4v) is 0.710. The number of aliphatic hydroxyl groups is 1. The van der Waals surface area contributed by atoms with E-state index in [0.717, 1.165) is 0 Å². The second-order valence-corrected chi connectivity index (χ2v) is 3.49. The van der Waals surface area contributed by atoms with E-state index in [1.54, 1.807) is 6.92 Å². The molecule has 12 heavy (non-hydrogen) atoms. The van der Waals surface area contributed by atoms with E-state index in [1.807, 2.05) is 20.8 Å². The van der Waals surface area contributed by atoms with Crippen molar-refractivity contribution in [1.29, 1.82) is 0 Å². The van der Waals surface area contributed by atoms with Crippen LogP contribution in [0.4, 0.5) is 0 Å². The van der Waals surface area contributed by atoms with E-state index in [1.165, 1.54) is 0 Å². The van der Waals surface area contributed by atoms with Gasteiger partial charge in [-0.2, -0.15) is 0 Å². The summed E-state index contributed by atoms with van der Waals surface area (Å²) >= 11 is 0. The van der Waals surface area contributed by atoms with Crippen LogP contribution in [0.5, 0.6) is 0 Å². The van der Waals surface area contributed by atoms with Crippen LogP contribution in [0, 0.1) is 0 Å². The Morgan fingerprint density at radius 2 is 1.92 bits per heavy atom. The summed E-state index contributed by atoms with van der Waals surface area (Å²) in [7, 11) is 0. The highest BCUT2D eigenvalue weighted by molar-refractivity contribution is 4.71. The average Bonchev–Trinajstić information content (AvgIpc) is 1.98. The largest absolute Gasteiger partial charge is 0.385 e. The van der Waals surface area contributed by atoms with Crippen LogP contribution in [0.3, 0.4) is 0 Å². The number of hydrogen-bond donors (Lipinski definition) is 1. The maximum absolute atomic E-state index is 9.64. The van der Waals surface area contributed by atoms with Gasteiger partial charge in [0.15, 0.2) is 0 Å². The third kappa shape index (κ3) is 6.58. The Hall–Kier alpha value is -0.120. The SMILES string of the molecule is CCOCC(C)(O)COC(C)C. The predicted molar refractivity (Wildman–Crippen MR) is 48.2 cm³/mol. The molecule has 3 heteroatoms. The summed E-state index contributed by atoms with van der Waals surface area (Å²) in [5, 5.41) is 9.64. The smallest absolute Gasteiger partial charge is 0.108 e. The quantitative estimate of drug-likeness (QED) is 0.661. The lowest BCUT2D eigenvalue weighted by atomic mass is 10.1. The van der Waals surface area contributed by atoms with Gasteiger partial charge in [-0.1, -0.05) is 0 Å². The first-order chi connectivity index (χ1) is 5.48. The molecule has 0 aromatic heterocycles. The zero-order chi connectivity index (χ0) is 9.61. The van der Waals surface area contributed by atoms with Crippen LogP contribution in [0.2, 0.25) is 0 Å². The number of hydrogen-bond acceptors (Lipinski definition) is 3. The predicted octanol–water partition coefficient (Wildman–Crippen LogP) is 1.20. The molecule has 1 unspecified atom stereocenters. The maximum atomic E-state index is 9.64. The molecule has 0 saturated carbocycles. The molecule has 0 amide bonds. The maximum Gasteiger partial charge on any atom is 0.108 e. The van der Waals surface area contributed by atoms with Crippen LogP contribution < -0.4 is 0 Å². The summed E-state index contributed by atoms with van der Waals surface area (Å²) in [4.78, 5) is 0. The van der Waals surface area contributed by atoms with Gasteiger partial charge in [0.05, 0.1) is 19.3 Å². The number of ether oxygens (including phenoxy) is 2. The molecule has 74 valence electrons. The standard InChI is InChI=1S/C9H20O3/c1-5-11-6-9(4,10)7-12-8(2)3/h8,10H,5-7H2,1-4H3. The lowest BCUT2D eigenvalue weighted by Gasteiger charge is -2.23. The van der Waals surface area contributed by atoms with Gasteiger partial charge < -0.3 is 14.6 Å². The van der Waals surface area contributed by atoms with Crippen LogP contribution in [0.1, 0.15) is 27.7 Å². The highest BCUT2D eigenvalue weighted by atomic mass is 16.5. The van der Waals surface area contributed by atoms with Gasteiger partial charge in [-0.05, 0) is 27.7 Å². The minimum atomic E-state index is -0.861. The van der Waals surface area contributed by atoms with Gasteiger partial charge in [0, 0.05) is 6.61 Å². The molecule has 0 bridgehead atoms. The van der Waals surface area contributed by atoms with Crippen molar-refractivity contribution < 1.29 is 14.6 Å². The van der Waals surface area contributed by atoms with E-state index in [2.05, 4.69) is 0 Å². The lowest BCUT2D eigenvalue weighted by Crippen LogP contribution is -2.37. The molecule has 0 aliphatic heterocycles. The molecular formula is C9H20O3. The van der Waals surface area contributed by atoms with Crippen molar-refractivity contribution in [2.45, 2.75) is 39.4 Å². The molecule has 0 fully saturated rings. The first-order valence-corrected chi connectivity index (χ1v) is 4.39. The molecule has 0 radical (unpaired) electrons. The van der Waals surface area contributed by atoms with Gasteiger partial charge in [-0.3, -0.25) is 0 Å². The van der Waals surface area contributed by atoms with E-state index in [4.69, 9.17) is 9.47 Å². The van der Waals surface area contributed by atoms with Crippen molar-refractivity contribution in [3.63, 3.8) is 0 Å². The lowest BCUT2D eigenvalue weighted by molar-refractivity contribution is -0.0943. The Bertz CT molecular complexity index is 110. The van der Waals surface area contributed by atoms with Crippen molar-refractivity contribution in [2.24, 2.45) is 0 Å². The first-order valence-electron chi connectivity index (χ1n) is 4.39. The van der Waals surface area contributed by atoms with Gasteiger partial charge in [-0.25, -0.2) is 0 Å². The zero-order valence-corrected chi connectivity index (χ0v) is 8.46. The Kier molecular flexibility index (Phi) is 5.46. The second-order valence-electron chi connectivity index (χ2n) is 3.49. The topological polar surface area (TPSA) is 38.7 Å². The van der Waals surface area contributed by atoms with E-state index in [9.17, 15) is 5.11 Å². The molecule has 0 aromatic carbocycles. The molecule has 0 aliphatic rings. The van der Waals surface area contributed by atoms with E-state index >= 15 is 0 Å². The molecule has 0 aromatic rings. The Morgan fingerprint density at radius 1 is 1.33 bits per heavy atom. The van der Waals surface area contributed by atoms with Crippen LogP contribution in [-0.4, -0.2) is 36.6 Å². The molecule has 1 atom stereocenters. The van der Waals surface area contributed by atoms with Crippen LogP contribution in [-0.2, 0) is 9.47 Å². The zero-order valence-electron chi connectivity index (χ0n) is 8.46. The fourth-order valence-electron chi connectivity index (χ4n) is 0.710. The van der Waals surface area contributed by atoms with Crippen molar-refractivity contribution in [1.82, 2.24) is 0 Å². The van der Waals surface area contributed by atoms with Crippen molar-refractivity contribution >= 4 is 0 Å². The average molecular weight is 176 g/mol. The minimum absolute atomic E-state index is 0.151. The van der Waals surface area contributed by atoms with Crippen LogP contribution >= 0.6 is 0 Å². The van der Waals surface area contributed by atoms with E-state index in [-0.39, 0.29) is 6.10 Å². The van der Waals surface area contributed by atoms with E-state index < -0.39 is 5.60 Å². The summed E-state index contributed by atoms with van der Waals surface area (Å²) in [5.74, 6) is 0. The molecule has 0 aliphatic carbocycles. The Balaban J connectivity index is 3.56. The summed E-state index contributed by atoms with van der Waals surface area (Å²) in [6.07, 6.45) is 0.151. The third-order valence-electron chi connectivity index (χ3n) is 1.34. The van der Waals surface area contributed by atoms with Gasteiger partial charge in [0.1, 0.15) is 5.60 Å². The molecule has 0 saturated heterocycles. The molecular weight excluding hydrogens is 156 g/mol. The van der Waals surface area contributed by atoms with Crippen LogP contribution in [0.25, 0.3) is 0 Å². The molecule has 0 spiro atoms. The van der Waals surface area contributed by atoms with Gasteiger partial charge in [0.2, 0.25) is 0 Å². The molecule has 1 N–H and O–H groups in total.